The summed E-state index contributed by atoms with van der Waals surface area (Å²) in [6, 6.07) is 6.09. The maximum Gasteiger partial charge on any atom is 0.194 e. The number of ether oxygens (including phenoxy) is 4. The highest BCUT2D eigenvalue weighted by Crippen LogP contribution is 2.35. The maximum atomic E-state index is 6.38. The van der Waals surface area contributed by atoms with Gasteiger partial charge in [-0.25, -0.2) is 4.99 Å². The molecule has 0 amide bonds. The number of benzene rings is 1. The number of nitrogens with zero attached hydrogens (tertiary/aromatic N) is 2. The zero-order chi connectivity index (χ0) is 22.6. The van der Waals surface area contributed by atoms with Crippen LogP contribution in [0.3, 0.4) is 0 Å². The van der Waals surface area contributed by atoms with Crippen LogP contribution in [0.2, 0.25) is 0 Å². The molecule has 0 radical (unpaired) electrons. The van der Waals surface area contributed by atoms with Gasteiger partial charge in [0.1, 0.15) is 0 Å². The van der Waals surface area contributed by atoms with Crippen molar-refractivity contribution in [2.24, 2.45) is 4.99 Å². The Balaban J connectivity index is 1.61. The third-order valence-electron chi connectivity index (χ3n) is 6.19. The Kier molecular flexibility index (Phi) is 10.4. The van der Waals surface area contributed by atoms with Gasteiger partial charge in [-0.3, -0.25) is 0 Å². The molecule has 1 aliphatic heterocycles. The molecule has 0 spiro atoms. The van der Waals surface area contributed by atoms with Gasteiger partial charge in [0, 0.05) is 45.5 Å². The number of nitrogens with one attached hydrogen (secondary N) is 1. The van der Waals surface area contributed by atoms with Gasteiger partial charge >= 0.3 is 0 Å². The molecule has 2 aliphatic rings. The lowest BCUT2D eigenvalue weighted by molar-refractivity contribution is 0.00990. The first-order chi connectivity index (χ1) is 15.7. The Hall–Kier alpha value is -1.99. The molecule has 7 nitrogen and oxygen atoms in total. The summed E-state index contributed by atoms with van der Waals surface area (Å²) in [7, 11) is 3.44. The summed E-state index contributed by atoms with van der Waals surface area (Å²) in [6.07, 6.45) is 8.32. The first kappa shape index (κ1) is 24.6. The Bertz CT molecular complexity index is 698. The van der Waals surface area contributed by atoms with E-state index in [0.717, 1.165) is 88.0 Å². The summed E-state index contributed by atoms with van der Waals surface area (Å²) < 4.78 is 23.1. The van der Waals surface area contributed by atoms with E-state index in [0.29, 0.717) is 12.6 Å². The fourth-order valence-corrected chi connectivity index (χ4v) is 4.43. The van der Waals surface area contributed by atoms with Crippen LogP contribution in [0.4, 0.5) is 0 Å². The topological polar surface area (TPSA) is 64.6 Å². The number of guanidine groups is 1. The number of para-hydroxylation sites is 1. The highest BCUT2D eigenvalue weighted by molar-refractivity contribution is 5.80. The van der Waals surface area contributed by atoms with Crippen LogP contribution in [-0.2, 0) is 16.0 Å². The molecular formula is C25H41N3O4. The first-order valence-electron chi connectivity index (χ1n) is 12.2. The van der Waals surface area contributed by atoms with Crippen molar-refractivity contribution in [2.45, 2.75) is 70.6 Å². The minimum Gasteiger partial charge on any atom is -0.493 e. The Morgan fingerprint density at radius 2 is 1.84 bits per heavy atom. The Morgan fingerprint density at radius 3 is 2.53 bits per heavy atom. The van der Waals surface area contributed by atoms with E-state index in [1.54, 1.807) is 14.2 Å². The van der Waals surface area contributed by atoms with Crippen LogP contribution in [-0.4, -0.2) is 70.1 Å². The van der Waals surface area contributed by atoms with Gasteiger partial charge in [-0.15, -0.1) is 0 Å². The Labute approximate surface area is 193 Å². The number of rotatable bonds is 11. The number of methoxy groups -OCH3 is 2. The van der Waals surface area contributed by atoms with E-state index >= 15 is 0 Å². The van der Waals surface area contributed by atoms with E-state index in [2.05, 4.69) is 23.2 Å². The van der Waals surface area contributed by atoms with Crippen molar-refractivity contribution >= 4 is 5.96 Å². The van der Waals surface area contributed by atoms with Crippen LogP contribution in [0.1, 0.15) is 57.4 Å². The fourth-order valence-electron chi connectivity index (χ4n) is 4.43. The molecule has 1 aromatic rings. The number of hydrogen-bond acceptors (Lipinski definition) is 5. The number of hydrogen-bond donors (Lipinski definition) is 1. The van der Waals surface area contributed by atoms with Gasteiger partial charge in [-0.1, -0.05) is 12.1 Å². The molecule has 180 valence electrons. The molecule has 1 aromatic carbocycles. The molecule has 0 bridgehead atoms. The van der Waals surface area contributed by atoms with Crippen LogP contribution in [0.5, 0.6) is 11.5 Å². The summed E-state index contributed by atoms with van der Waals surface area (Å²) in [4.78, 5) is 7.31. The largest absolute Gasteiger partial charge is 0.493 e. The van der Waals surface area contributed by atoms with Crippen molar-refractivity contribution in [2.75, 3.05) is 47.1 Å². The smallest absolute Gasteiger partial charge is 0.194 e. The van der Waals surface area contributed by atoms with Crippen molar-refractivity contribution in [1.29, 1.82) is 0 Å². The lowest BCUT2D eigenvalue weighted by Gasteiger charge is -2.34. The van der Waals surface area contributed by atoms with Crippen LogP contribution < -0.4 is 14.8 Å². The molecule has 2 fully saturated rings. The summed E-state index contributed by atoms with van der Waals surface area (Å²) in [5.74, 6) is 2.60. The molecule has 3 rings (SSSR count). The second-order valence-corrected chi connectivity index (χ2v) is 8.55. The minimum absolute atomic E-state index is 0.283. The lowest BCUT2D eigenvalue weighted by Crippen LogP contribution is -2.47. The van der Waals surface area contributed by atoms with Gasteiger partial charge in [0.15, 0.2) is 17.5 Å². The van der Waals surface area contributed by atoms with Crippen LogP contribution >= 0.6 is 0 Å². The predicted molar refractivity (Wildman–Crippen MR) is 128 cm³/mol. The molecule has 1 aliphatic carbocycles. The van der Waals surface area contributed by atoms with Crippen molar-refractivity contribution in [3.05, 3.63) is 23.8 Å². The monoisotopic (exact) mass is 447 g/mol. The van der Waals surface area contributed by atoms with E-state index in [4.69, 9.17) is 23.9 Å². The normalized spacial score (nSPS) is 18.2. The summed E-state index contributed by atoms with van der Waals surface area (Å²) in [5, 5.41) is 3.47. The lowest BCUT2D eigenvalue weighted by atomic mass is 10.1. The Morgan fingerprint density at radius 1 is 1.06 bits per heavy atom. The summed E-state index contributed by atoms with van der Waals surface area (Å²) >= 11 is 0. The zero-order valence-electron chi connectivity index (χ0n) is 20.1. The molecule has 0 aromatic heterocycles. The van der Waals surface area contributed by atoms with Gasteiger partial charge in [0.05, 0.1) is 25.9 Å². The zero-order valence-corrected chi connectivity index (χ0v) is 20.1. The van der Waals surface area contributed by atoms with E-state index in [9.17, 15) is 0 Å². The van der Waals surface area contributed by atoms with Crippen molar-refractivity contribution in [3.8, 4) is 11.5 Å². The van der Waals surface area contributed by atoms with Gasteiger partial charge in [-0.05, 0) is 57.9 Å². The quantitative estimate of drug-likeness (QED) is 0.314. The third kappa shape index (κ3) is 7.27. The number of piperidine rings is 1. The van der Waals surface area contributed by atoms with Crippen LogP contribution in [0, 0.1) is 0 Å². The number of aliphatic imine (C=N–C) groups is 1. The summed E-state index contributed by atoms with van der Waals surface area (Å²) in [5.41, 5.74) is 1.07. The molecule has 7 heteroatoms. The molecule has 0 atom stereocenters. The van der Waals surface area contributed by atoms with Gasteiger partial charge in [0.25, 0.3) is 0 Å². The first-order valence-corrected chi connectivity index (χ1v) is 12.2. The van der Waals surface area contributed by atoms with Gasteiger partial charge in [-0.2, -0.15) is 0 Å². The molecular weight excluding hydrogens is 406 g/mol. The van der Waals surface area contributed by atoms with Gasteiger partial charge in [0.2, 0.25) is 0 Å². The second-order valence-electron chi connectivity index (χ2n) is 8.55. The molecule has 1 saturated heterocycles. The average Bonchev–Trinajstić information content (AvgIpc) is 3.34. The third-order valence-corrected chi connectivity index (χ3v) is 6.19. The van der Waals surface area contributed by atoms with Gasteiger partial charge < -0.3 is 29.2 Å². The molecule has 1 N–H and O–H groups in total. The molecule has 32 heavy (non-hydrogen) atoms. The highest BCUT2D eigenvalue weighted by Gasteiger charge is 2.23. The fraction of sp³-hybridized carbons (Fsp3) is 0.720. The standard InChI is InChI=1S/C25H41N3O4/c1-4-26-25(28-15-13-21(14-16-28)31-18-8-17-29-2)27-19-20-9-7-12-23(30-3)24(20)32-22-10-5-6-11-22/h7,9,12,21-22H,4-6,8,10-11,13-19H2,1-3H3,(H,26,27). The number of likely N-dealkylation sites (tertiary alicyclic amines) is 1. The van der Waals surface area contributed by atoms with E-state index in [1.807, 2.05) is 12.1 Å². The van der Waals surface area contributed by atoms with E-state index in [-0.39, 0.29) is 6.10 Å². The highest BCUT2D eigenvalue weighted by atomic mass is 16.5. The van der Waals surface area contributed by atoms with Crippen molar-refractivity contribution < 1.29 is 18.9 Å². The average molecular weight is 448 g/mol. The van der Waals surface area contributed by atoms with Crippen LogP contribution in [0.25, 0.3) is 0 Å². The molecule has 0 unspecified atom stereocenters. The van der Waals surface area contributed by atoms with Crippen molar-refractivity contribution in [1.82, 2.24) is 10.2 Å². The molecule has 1 heterocycles. The van der Waals surface area contributed by atoms with Crippen molar-refractivity contribution in [3.63, 3.8) is 0 Å². The summed E-state index contributed by atoms with van der Waals surface area (Å²) in [6.45, 7) is 6.94. The predicted octanol–water partition coefficient (Wildman–Crippen LogP) is 4.00. The minimum atomic E-state index is 0.283. The van der Waals surface area contributed by atoms with E-state index in [1.165, 1.54) is 12.8 Å². The SMILES string of the molecule is CCNC(=NCc1cccc(OC)c1OC1CCCC1)N1CCC(OCCCOC)CC1. The van der Waals surface area contributed by atoms with E-state index < -0.39 is 0 Å². The second kappa shape index (κ2) is 13.5. The molecule has 1 saturated carbocycles. The van der Waals surface area contributed by atoms with Crippen LogP contribution in [0.15, 0.2) is 23.2 Å². The maximum absolute atomic E-state index is 6.38.